The first kappa shape index (κ1) is 31.2. The van der Waals surface area contributed by atoms with Gasteiger partial charge in [-0.25, -0.2) is 0 Å². The Bertz CT molecular complexity index is 1070. The van der Waals surface area contributed by atoms with Crippen LogP contribution in [-0.4, -0.2) is 79.1 Å². The topological polar surface area (TPSA) is 73.8 Å². The first-order chi connectivity index (χ1) is 20.1. The molecular formula is C32H42O8Se2. The minimum atomic E-state index is -0.398. The van der Waals surface area contributed by atoms with Gasteiger partial charge in [0.2, 0.25) is 0 Å². The van der Waals surface area contributed by atoms with Crippen molar-refractivity contribution in [3.05, 3.63) is 57.6 Å². The number of hydrogen-bond acceptors (Lipinski definition) is 8. The normalized spacial score (nSPS) is 21.8. The summed E-state index contributed by atoms with van der Waals surface area (Å²) in [7, 11) is 0. The van der Waals surface area contributed by atoms with Gasteiger partial charge in [-0.1, -0.05) is 0 Å². The zero-order valence-electron chi connectivity index (χ0n) is 25.4. The second-order valence-electron chi connectivity index (χ2n) is 12.9. The fourth-order valence-corrected chi connectivity index (χ4v) is 13.8. The summed E-state index contributed by atoms with van der Waals surface area (Å²) in [5.74, 6) is 0. The van der Waals surface area contributed by atoms with Crippen molar-refractivity contribution in [2.75, 3.05) is 52.9 Å². The average Bonchev–Trinajstić information content (AvgIpc) is 3.77. The van der Waals surface area contributed by atoms with Crippen LogP contribution < -0.4 is 8.92 Å². The Balaban J connectivity index is 1.47. The van der Waals surface area contributed by atoms with Gasteiger partial charge in [0.1, 0.15) is 0 Å². The molecule has 0 saturated carbocycles. The molecule has 6 rings (SSSR count). The maximum atomic E-state index is 6.11. The molecule has 0 spiro atoms. The fraction of sp³-hybridized carbons (Fsp3) is 0.625. The number of rotatable bonds is 7. The summed E-state index contributed by atoms with van der Waals surface area (Å²) < 4.78 is 51.4. The molecular weight excluding hydrogens is 670 g/mol. The van der Waals surface area contributed by atoms with E-state index in [1.807, 2.05) is 0 Å². The molecule has 4 aliphatic heterocycles. The Morgan fingerprint density at radius 1 is 0.429 bits per heavy atom. The van der Waals surface area contributed by atoms with Crippen molar-refractivity contribution >= 4 is 35.2 Å². The third-order valence-electron chi connectivity index (χ3n) is 7.74. The zero-order chi connectivity index (χ0) is 29.5. The minimum absolute atomic E-state index is 0.0165. The zero-order valence-corrected chi connectivity index (χ0v) is 28.8. The summed E-state index contributed by atoms with van der Waals surface area (Å²) in [6.45, 7) is 18.1. The van der Waals surface area contributed by atoms with Crippen molar-refractivity contribution in [2.24, 2.45) is 0 Å². The van der Waals surface area contributed by atoms with Gasteiger partial charge in [0.15, 0.2) is 0 Å². The van der Waals surface area contributed by atoms with Crippen LogP contribution in [0.25, 0.3) is 0 Å². The molecule has 4 heterocycles. The first-order valence-corrected chi connectivity index (χ1v) is 20.8. The van der Waals surface area contributed by atoms with Gasteiger partial charge in [0.05, 0.1) is 0 Å². The van der Waals surface area contributed by atoms with Crippen molar-refractivity contribution in [3.63, 3.8) is 0 Å². The van der Waals surface area contributed by atoms with Gasteiger partial charge < -0.3 is 0 Å². The third kappa shape index (κ3) is 6.71. The average molecular weight is 713 g/mol. The van der Waals surface area contributed by atoms with Crippen LogP contribution in [0.1, 0.15) is 100 Å². The predicted octanol–water partition coefficient (Wildman–Crippen LogP) is 3.74. The molecule has 4 aliphatic rings. The van der Waals surface area contributed by atoms with E-state index in [-0.39, 0.29) is 37.1 Å². The standard InChI is InChI=1S/C32H42O8Se2/c1-31(2,3)19-15-21(27-33-7-8-34-27)25(22(16-19)28-35-9-10-36-28)41-42-26-23(29-37-11-12-38-29)17-20(32(4,5)6)18-24(26)30-39-13-14-40-30/h15-18,27-30H,7-14H2,1-6H3. The molecule has 0 aliphatic carbocycles. The van der Waals surface area contributed by atoms with Gasteiger partial charge in [-0.15, -0.1) is 0 Å². The Hall–Kier alpha value is -0.841. The van der Waals surface area contributed by atoms with E-state index in [1.54, 1.807) is 0 Å². The molecule has 0 bridgehead atoms. The van der Waals surface area contributed by atoms with Crippen LogP contribution >= 0.6 is 0 Å². The van der Waals surface area contributed by atoms with Gasteiger partial charge in [0.25, 0.3) is 0 Å². The van der Waals surface area contributed by atoms with Gasteiger partial charge in [-0.3, -0.25) is 0 Å². The number of hydrogen-bond donors (Lipinski definition) is 0. The first-order valence-electron chi connectivity index (χ1n) is 14.7. The summed E-state index contributed by atoms with van der Waals surface area (Å²) in [5.41, 5.74) is 6.67. The Labute approximate surface area is 260 Å². The Morgan fingerprint density at radius 2 is 0.643 bits per heavy atom. The van der Waals surface area contributed by atoms with E-state index in [0.29, 0.717) is 52.9 Å². The van der Waals surface area contributed by atoms with Crippen LogP contribution in [0.2, 0.25) is 0 Å². The summed E-state index contributed by atoms with van der Waals surface area (Å²) in [5, 5.41) is 0. The van der Waals surface area contributed by atoms with E-state index >= 15 is 0 Å². The van der Waals surface area contributed by atoms with Crippen LogP contribution in [0.5, 0.6) is 0 Å². The molecule has 2 aromatic carbocycles. The molecule has 0 radical (unpaired) electrons. The molecule has 0 amide bonds. The predicted molar refractivity (Wildman–Crippen MR) is 160 cm³/mol. The van der Waals surface area contributed by atoms with Gasteiger partial charge in [-0.05, 0) is 0 Å². The van der Waals surface area contributed by atoms with E-state index in [4.69, 9.17) is 37.9 Å². The summed E-state index contributed by atoms with van der Waals surface area (Å²) in [6, 6.07) is 9.11. The van der Waals surface area contributed by atoms with Crippen molar-refractivity contribution in [1.82, 2.24) is 0 Å². The van der Waals surface area contributed by atoms with E-state index in [9.17, 15) is 0 Å². The molecule has 2 aromatic rings. The van der Waals surface area contributed by atoms with Gasteiger partial charge in [-0.2, -0.15) is 0 Å². The van der Waals surface area contributed by atoms with E-state index in [0.717, 1.165) is 22.3 Å². The van der Waals surface area contributed by atoms with Gasteiger partial charge in [0, 0.05) is 0 Å². The molecule has 0 atom stereocenters. The summed E-state index contributed by atoms with van der Waals surface area (Å²) >= 11 is 0.0331. The van der Waals surface area contributed by atoms with Crippen LogP contribution in [0.3, 0.4) is 0 Å². The molecule has 230 valence electrons. The molecule has 4 fully saturated rings. The Morgan fingerprint density at radius 3 is 0.833 bits per heavy atom. The molecule has 10 heteroatoms. The quantitative estimate of drug-likeness (QED) is 0.403. The summed E-state index contributed by atoms with van der Waals surface area (Å²) in [4.78, 5) is 0. The second kappa shape index (κ2) is 12.9. The molecule has 8 nitrogen and oxygen atoms in total. The fourth-order valence-electron chi connectivity index (χ4n) is 5.34. The molecule has 0 unspecified atom stereocenters. The molecule has 0 N–H and O–H groups in total. The van der Waals surface area contributed by atoms with Crippen molar-refractivity contribution < 1.29 is 37.9 Å². The number of ether oxygens (including phenoxy) is 8. The Kier molecular flexibility index (Phi) is 9.55. The molecule has 4 saturated heterocycles. The van der Waals surface area contributed by atoms with Crippen LogP contribution in [0, 0.1) is 0 Å². The van der Waals surface area contributed by atoms with Crippen molar-refractivity contribution in [2.45, 2.75) is 77.5 Å². The monoisotopic (exact) mass is 714 g/mol. The molecule has 42 heavy (non-hydrogen) atoms. The van der Waals surface area contributed by atoms with Crippen molar-refractivity contribution in [3.8, 4) is 0 Å². The van der Waals surface area contributed by atoms with E-state index in [1.165, 1.54) is 20.1 Å². The third-order valence-corrected chi connectivity index (χ3v) is 15.1. The SMILES string of the molecule is CC(C)(C)c1cc(C2OCCO2)c([Se][Se]c2c(C3OCCO3)cc(C(C)(C)C)cc2C2OCCO2)c(C2OCCO2)c1. The second-order valence-corrected chi connectivity index (χ2v) is 19.0. The number of benzene rings is 2. The summed E-state index contributed by atoms with van der Waals surface area (Å²) in [6.07, 6.45) is -1.59. The van der Waals surface area contributed by atoms with Gasteiger partial charge >= 0.3 is 261 Å². The van der Waals surface area contributed by atoms with Crippen LogP contribution in [0.15, 0.2) is 24.3 Å². The van der Waals surface area contributed by atoms with Crippen LogP contribution in [-0.2, 0) is 48.7 Å². The van der Waals surface area contributed by atoms with E-state index < -0.39 is 25.2 Å². The van der Waals surface area contributed by atoms with Crippen LogP contribution in [0.4, 0.5) is 0 Å². The molecule has 0 aromatic heterocycles. The maximum absolute atomic E-state index is 6.11. The van der Waals surface area contributed by atoms with E-state index in [2.05, 4.69) is 65.8 Å². The van der Waals surface area contributed by atoms with Crippen molar-refractivity contribution in [1.29, 1.82) is 0 Å².